The Kier molecular flexibility index (Phi) is 6.29. The number of hydrogen-bond acceptors (Lipinski definition) is 0. The highest BCUT2D eigenvalue weighted by Gasteiger charge is 2.15. The Bertz CT molecular complexity index is 416. The maximum Gasteiger partial charge on any atom is 0.123 e. The zero-order chi connectivity index (χ0) is 14.2. The number of hydrogen-bond donors (Lipinski definition) is 0. The first-order valence-electron chi connectivity index (χ1n) is 8.24. The highest BCUT2D eigenvalue weighted by Crippen LogP contribution is 2.32. The number of benzene rings is 1. The fourth-order valence-electron chi connectivity index (χ4n) is 3.11. The Morgan fingerprint density at radius 3 is 2.45 bits per heavy atom. The van der Waals surface area contributed by atoms with Crippen LogP contribution in [0.4, 0.5) is 4.39 Å². The van der Waals surface area contributed by atoms with Crippen molar-refractivity contribution in [1.29, 1.82) is 0 Å². The third-order valence-corrected chi connectivity index (χ3v) is 4.45. The summed E-state index contributed by atoms with van der Waals surface area (Å²) in [6.45, 7) is 2.27. The van der Waals surface area contributed by atoms with Crippen LogP contribution in [0.3, 0.4) is 0 Å². The Hall–Kier alpha value is -1.11. The van der Waals surface area contributed by atoms with Gasteiger partial charge < -0.3 is 0 Å². The lowest BCUT2D eigenvalue weighted by atomic mass is 9.84. The molecule has 1 aromatic carbocycles. The van der Waals surface area contributed by atoms with Crippen molar-refractivity contribution in [3.8, 4) is 0 Å². The second-order valence-electron chi connectivity index (χ2n) is 6.08. The van der Waals surface area contributed by atoms with Gasteiger partial charge in [0.15, 0.2) is 0 Å². The molecule has 1 heteroatoms. The minimum absolute atomic E-state index is 0.143. The number of unbranched alkanes of at least 4 members (excludes halogenated alkanes) is 4. The standard InChI is InChI=1S/C19H27F/c1-2-3-4-5-6-7-16-8-10-17(11-9-16)18-12-14-19(20)15-13-18/h10,12-16H,2-9,11H2,1H3. The Morgan fingerprint density at radius 2 is 1.80 bits per heavy atom. The van der Waals surface area contributed by atoms with Crippen molar-refractivity contribution < 1.29 is 4.39 Å². The van der Waals surface area contributed by atoms with Gasteiger partial charge in [-0.15, -0.1) is 0 Å². The third-order valence-electron chi connectivity index (χ3n) is 4.45. The Balaban J connectivity index is 1.74. The first kappa shape index (κ1) is 15.3. The normalized spacial score (nSPS) is 18.9. The molecule has 1 aromatic rings. The lowest BCUT2D eigenvalue weighted by Crippen LogP contribution is -2.05. The van der Waals surface area contributed by atoms with E-state index < -0.39 is 0 Å². The van der Waals surface area contributed by atoms with Gasteiger partial charge in [0.25, 0.3) is 0 Å². The van der Waals surface area contributed by atoms with Gasteiger partial charge in [-0.1, -0.05) is 63.7 Å². The SMILES string of the molecule is CCCCCCCC1CC=C(c2ccc(F)cc2)CC1. The van der Waals surface area contributed by atoms with Gasteiger partial charge in [0.1, 0.15) is 5.82 Å². The van der Waals surface area contributed by atoms with Crippen molar-refractivity contribution in [3.63, 3.8) is 0 Å². The summed E-state index contributed by atoms with van der Waals surface area (Å²) in [6, 6.07) is 6.95. The van der Waals surface area contributed by atoms with Crippen LogP contribution >= 0.6 is 0 Å². The molecule has 0 aliphatic heterocycles. The van der Waals surface area contributed by atoms with E-state index in [2.05, 4.69) is 13.0 Å². The molecule has 0 heterocycles. The predicted octanol–water partition coefficient (Wildman–Crippen LogP) is 6.37. The lowest BCUT2D eigenvalue weighted by molar-refractivity contribution is 0.423. The molecule has 0 fully saturated rings. The maximum atomic E-state index is 12.9. The average Bonchev–Trinajstić information content (AvgIpc) is 2.49. The predicted molar refractivity (Wildman–Crippen MR) is 85.1 cm³/mol. The van der Waals surface area contributed by atoms with Crippen molar-refractivity contribution in [2.24, 2.45) is 5.92 Å². The van der Waals surface area contributed by atoms with E-state index in [0.29, 0.717) is 0 Å². The highest BCUT2D eigenvalue weighted by atomic mass is 19.1. The van der Waals surface area contributed by atoms with E-state index in [1.807, 2.05) is 12.1 Å². The van der Waals surface area contributed by atoms with Crippen LogP contribution in [-0.4, -0.2) is 0 Å². The molecule has 0 saturated carbocycles. The minimum Gasteiger partial charge on any atom is -0.207 e. The zero-order valence-corrected chi connectivity index (χ0v) is 12.7. The van der Waals surface area contributed by atoms with Gasteiger partial charge in [0.05, 0.1) is 0 Å². The molecule has 0 radical (unpaired) electrons. The van der Waals surface area contributed by atoms with Crippen molar-refractivity contribution in [2.45, 2.75) is 64.7 Å². The van der Waals surface area contributed by atoms with E-state index in [4.69, 9.17) is 0 Å². The first-order valence-corrected chi connectivity index (χ1v) is 8.24. The van der Waals surface area contributed by atoms with E-state index >= 15 is 0 Å². The molecule has 2 rings (SSSR count). The van der Waals surface area contributed by atoms with Crippen molar-refractivity contribution >= 4 is 5.57 Å². The molecule has 1 atom stereocenters. The van der Waals surface area contributed by atoms with Gasteiger partial charge in [-0.3, -0.25) is 0 Å². The second-order valence-corrected chi connectivity index (χ2v) is 6.08. The van der Waals surface area contributed by atoms with Crippen molar-refractivity contribution in [3.05, 3.63) is 41.7 Å². The zero-order valence-electron chi connectivity index (χ0n) is 12.7. The van der Waals surface area contributed by atoms with E-state index in [0.717, 1.165) is 12.3 Å². The Morgan fingerprint density at radius 1 is 1.05 bits per heavy atom. The van der Waals surface area contributed by atoms with Crippen LogP contribution < -0.4 is 0 Å². The molecule has 0 bridgehead atoms. The molecular weight excluding hydrogens is 247 g/mol. The number of halogens is 1. The minimum atomic E-state index is -0.143. The van der Waals surface area contributed by atoms with Crippen LogP contribution in [-0.2, 0) is 0 Å². The molecule has 0 aromatic heterocycles. The fourth-order valence-corrected chi connectivity index (χ4v) is 3.11. The van der Waals surface area contributed by atoms with Gasteiger partial charge in [-0.05, 0) is 48.4 Å². The summed E-state index contributed by atoms with van der Waals surface area (Å²) in [5.74, 6) is 0.732. The third kappa shape index (κ3) is 4.77. The van der Waals surface area contributed by atoms with Crippen molar-refractivity contribution in [2.75, 3.05) is 0 Å². The quantitative estimate of drug-likeness (QED) is 0.507. The second kappa shape index (κ2) is 8.24. The van der Waals surface area contributed by atoms with Crippen LogP contribution in [0.2, 0.25) is 0 Å². The fraction of sp³-hybridized carbons (Fsp3) is 0.579. The van der Waals surface area contributed by atoms with E-state index in [-0.39, 0.29) is 5.82 Å². The van der Waals surface area contributed by atoms with Crippen LogP contribution in [0.15, 0.2) is 30.3 Å². The monoisotopic (exact) mass is 274 g/mol. The number of rotatable bonds is 7. The van der Waals surface area contributed by atoms with E-state index in [1.54, 1.807) is 12.1 Å². The van der Waals surface area contributed by atoms with Crippen LogP contribution in [0.1, 0.15) is 70.3 Å². The van der Waals surface area contributed by atoms with Gasteiger partial charge in [0, 0.05) is 0 Å². The number of allylic oxidation sites excluding steroid dienone is 2. The average molecular weight is 274 g/mol. The van der Waals surface area contributed by atoms with Crippen LogP contribution in [0.5, 0.6) is 0 Å². The summed E-state index contributed by atoms with van der Waals surface area (Å²) >= 11 is 0. The van der Waals surface area contributed by atoms with Crippen LogP contribution in [0, 0.1) is 11.7 Å². The van der Waals surface area contributed by atoms with Gasteiger partial charge in [0.2, 0.25) is 0 Å². The molecular formula is C19H27F. The van der Waals surface area contributed by atoms with Gasteiger partial charge in [-0.2, -0.15) is 0 Å². The smallest absolute Gasteiger partial charge is 0.123 e. The van der Waals surface area contributed by atoms with E-state index in [9.17, 15) is 4.39 Å². The Labute approximate surface area is 123 Å². The molecule has 110 valence electrons. The van der Waals surface area contributed by atoms with E-state index in [1.165, 1.54) is 62.5 Å². The van der Waals surface area contributed by atoms with Gasteiger partial charge in [-0.25, -0.2) is 4.39 Å². The topological polar surface area (TPSA) is 0 Å². The summed E-state index contributed by atoms with van der Waals surface area (Å²) in [6.07, 6.45) is 14.3. The van der Waals surface area contributed by atoms with Crippen molar-refractivity contribution in [1.82, 2.24) is 0 Å². The molecule has 0 amide bonds. The molecule has 0 saturated heterocycles. The molecule has 1 unspecified atom stereocenters. The molecule has 0 nitrogen and oxygen atoms in total. The lowest BCUT2D eigenvalue weighted by Gasteiger charge is -2.22. The maximum absolute atomic E-state index is 12.9. The highest BCUT2D eigenvalue weighted by molar-refractivity contribution is 5.66. The largest absolute Gasteiger partial charge is 0.207 e. The van der Waals surface area contributed by atoms with Crippen LogP contribution in [0.25, 0.3) is 5.57 Å². The summed E-state index contributed by atoms with van der Waals surface area (Å²) in [5.41, 5.74) is 2.61. The summed E-state index contributed by atoms with van der Waals surface area (Å²) in [4.78, 5) is 0. The molecule has 1 aliphatic rings. The van der Waals surface area contributed by atoms with Gasteiger partial charge >= 0.3 is 0 Å². The first-order chi connectivity index (χ1) is 9.79. The molecule has 0 spiro atoms. The summed E-state index contributed by atoms with van der Waals surface area (Å²) < 4.78 is 12.9. The molecule has 20 heavy (non-hydrogen) atoms. The molecule has 1 aliphatic carbocycles. The summed E-state index contributed by atoms with van der Waals surface area (Å²) in [7, 11) is 0. The summed E-state index contributed by atoms with van der Waals surface area (Å²) in [5, 5.41) is 0. The molecule has 0 N–H and O–H groups in total.